The Hall–Kier alpha value is -4.24. The first-order chi connectivity index (χ1) is 18.2. The fraction of sp³-hybridized carbons (Fsp3) is 0.286. The Morgan fingerprint density at radius 2 is 1.68 bits per heavy atom. The van der Waals surface area contributed by atoms with E-state index < -0.39 is 0 Å². The van der Waals surface area contributed by atoms with Gasteiger partial charge < -0.3 is 25.0 Å². The summed E-state index contributed by atoms with van der Waals surface area (Å²) in [6, 6.07) is 15.7. The Bertz CT molecular complexity index is 1250. The second-order valence-electron chi connectivity index (χ2n) is 8.27. The van der Waals surface area contributed by atoms with Crippen molar-refractivity contribution in [1.29, 1.82) is 0 Å². The maximum absolute atomic E-state index is 5.89. The molecule has 2 heterocycles. The molecule has 2 aromatic heterocycles. The van der Waals surface area contributed by atoms with Crippen LogP contribution >= 0.6 is 0 Å². The van der Waals surface area contributed by atoms with Crippen LogP contribution in [0.3, 0.4) is 0 Å². The van der Waals surface area contributed by atoms with Gasteiger partial charge >= 0.3 is 0 Å². The molecule has 2 aromatic carbocycles. The highest BCUT2D eigenvalue weighted by atomic mass is 16.5. The van der Waals surface area contributed by atoms with E-state index in [2.05, 4.69) is 44.3 Å². The van der Waals surface area contributed by atoms with Crippen LogP contribution in [-0.4, -0.2) is 58.2 Å². The van der Waals surface area contributed by atoms with Crippen LogP contribution in [0.2, 0.25) is 0 Å². The van der Waals surface area contributed by atoms with Crippen LogP contribution in [0.5, 0.6) is 11.5 Å². The van der Waals surface area contributed by atoms with E-state index in [9.17, 15) is 0 Å². The lowest BCUT2D eigenvalue weighted by atomic mass is 10.1. The quantitative estimate of drug-likeness (QED) is 0.263. The molecule has 0 saturated carbocycles. The Labute approximate surface area is 217 Å². The highest BCUT2D eigenvalue weighted by Crippen LogP contribution is 2.28. The highest BCUT2D eigenvalue weighted by molar-refractivity contribution is 5.74. The third-order valence-corrected chi connectivity index (χ3v) is 5.98. The van der Waals surface area contributed by atoms with Crippen molar-refractivity contribution in [1.82, 2.24) is 24.8 Å². The monoisotopic (exact) mass is 499 g/mol. The molecule has 4 rings (SSSR count). The van der Waals surface area contributed by atoms with Crippen molar-refractivity contribution in [3.63, 3.8) is 0 Å². The van der Waals surface area contributed by atoms with Gasteiger partial charge in [0.15, 0.2) is 0 Å². The predicted octanol–water partition coefficient (Wildman–Crippen LogP) is 5.02. The normalized spacial score (nSPS) is 10.8. The lowest BCUT2D eigenvalue weighted by Crippen LogP contribution is -2.27. The number of rotatable bonds is 13. The molecule has 4 aromatic rings. The molecular formula is C28H33N7O2. The van der Waals surface area contributed by atoms with Gasteiger partial charge in [-0.1, -0.05) is 32.0 Å². The smallest absolute Gasteiger partial charge is 0.229 e. The lowest BCUT2D eigenvalue weighted by molar-refractivity contribution is 0.223. The minimum atomic E-state index is 0.471. The first-order valence-corrected chi connectivity index (χ1v) is 12.4. The van der Waals surface area contributed by atoms with E-state index in [1.165, 1.54) is 6.33 Å². The average molecular weight is 500 g/mol. The molecule has 0 aliphatic carbocycles. The summed E-state index contributed by atoms with van der Waals surface area (Å²) in [5.41, 5.74) is 3.51. The van der Waals surface area contributed by atoms with Gasteiger partial charge in [0.25, 0.3) is 0 Å². The molecule has 37 heavy (non-hydrogen) atoms. The van der Waals surface area contributed by atoms with E-state index in [-0.39, 0.29) is 0 Å². The number of hydrogen-bond acceptors (Lipinski definition) is 9. The molecule has 9 heteroatoms. The standard InChI is InChI=1S/C28H33N7O2/c1-4-35(5-2)14-15-37-24-12-10-23(11-13-24)33-28-32-19-25(22-16-29-20-30-17-22)27(34-28)31-18-21-8-6-7-9-26(21)36-3/h6-13,16-17,19-20H,4-5,14-15,18H2,1-3H3,(H2,31,32,33,34). The van der Waals surface area contributed by atoms with Gasteiger partial charge in [-0.25, -0.2) is 15.0 Å². The summed E-state index contributed by atoms with van der Waals surface area (Å²) >= 11 is 0. The number of ether oxygens (including phenoxy) is 2. The lowest BCUT2D eigenvalue weighted by Gasteiger charge is -2.18. The van der Waals surface area contributed by atoms with Crippen LogP contribution in [0.15, 0.2) is 73.4 Å². The maximum atomic E-state index is 5.89. The topological polar surface area (TPSA) is 97.3 Å². The first-order valence-electron chi connectivity index (χ1n) is 12.4. The number of hydrogen-bond donors (Lipinski definition) is 2. The highest BCUT2D eigenvalue weighted by Gasteiger charge is 2.12. The molecule has 0 spiro atoms. The zero-order valence-corrected chi connectivity index (χ0v) is 21.5. The Kier molecular flexibility index (Phi) is 9.20. The van der Waals surface area contributed by atoms with Crippen LogP contribution < -0.4 is 20.1 Å². The van der Waals surface area contributed by atoms with Crippen LogP contribution in [0.25, 0.3) is 11.1 Å². The third kappa shape index (κ3) is 7.14. The summed E-state index contributed by atoms with van der Waals surface area (Å²) in [6.45, 7) is 8.45. The minimum Gasteiger partial charge on any atom is -0.496 e. The first kappa shape index (κ1) is 25.8. The van der Waals surface area contributed by atoms with E-state index in [1.54, 1.807) is 25.7 Å². The van der Waals surface area contributed by atoms with Crippen molar-refractivity contribution in [3.8, 4) is 22.6 Å². The number of nitrogens with one attached hydrogen (secondary N) is 2. The fourth-order valence-electron chi connectivity index (χ4n) is 3.85. The Morgan fingerprint density at radius 1 is 0.919 bits per heavy atom. The van der Waals surface area contributed by atoms with Crippen LogP contribution in [-0.2, 0) is 6.54 Å². The van der Waals surface area contributed by atoms with Crippen LogP contribution in [0.4, 0.5) is 17.5 Å². The summed E-state index contributed by atoms with van der Waals surface area (Å²) < 4.78 is 11.4. The third-order valence-electron chi connectivity index (χ3n) is 5.98. The maximum Gasteiger partial charge on any atom is 0.229 e. The predicted molar refractivity (Wildman–Crippen MR) is 146 cm³/mol. The molecular weight excluding hydrogens is 466 g/mol. The zero-order chi connectivity index (χ0) is 25.9. The van der Waals surface area contributed by atoms with E-state index in [0.29, 0.717) is 24.9 Å². The molecule has 0 aliphatic heterocycles. The van der Waals surface area contributed by atoms with Gasteiger partial charge in [-0.2, -0.15) is 4.98 Å². The summed E-state index contributed by atoms with van der Waals surface area (Å²) in [4.78, 5) is 19.9. The number of anilines is 3. The molecule has 9 nitrogen and oxygen atoms in total. The van der Waals surface area contributed by atoms with Crippen LogP contribution in [0.1, 0.15) is 19.4 Å². The van der Waals surface area contributed by atoms with Gasteiger partial charge in [0, 0.05) is 54.1 Å². The van der Waals surface area contributed by atoms with Crippen molar-refractivity contribution < 1.29 is 9.47 Å². The van der Waals surface area contributed by atoms with Gasteiger partial charge in [-0.05, 0) is 43.4 Å². The summed E-state index contributed by atoms with van der Waals surface area (Å²) in [7, 11) is 1.67. The molecule has 0 unspecified atom stereocenters. The number of likely N-dealkylation sites (N-methyl/N-ethyl adjacent to an activating group) is 1. The van der Waals surface area contributed by atoms with E-state index >= 15 is 0 Å². The molecule has 0 amide bonds. The van der Waals surface area contributed by atoms with Gasteiger partial charge in [0.2, 0.25) is 5.95 Å². The van der Waals surface area contributed by atoms with Crippen LogP contribution in [0, 0.1) is 0 Å². The van der Waals surface area contributed by atoms with Gasteiger partial charge in [-0.3, -0.25) is 0 Å². The summed E-state index contributed by atoms with van der Waals surface area (Å²) in [5, 5.41) is 6.71. The van der Waals surface area contributed by atoms with Crippen molar-refractivity contribution >= 4 is 17.5 Å². The number of aromatic nitrogens is 4. The van der Waals surface area contributed by atoms with Gasteiger partial charge in [0.1, 0.15) is 30.3 Å². The summed E-state index contributed by atoms with van der Waals surface area (Å²) in [5.74, 6) is 2.77. The number of benzene rings is 2. The molecule has 2 N–H and O–H groups in total. The molecule has 0 aliphatic rings. The Morgan fingerprint density at radius 3 is 2.41 bits per heavy atom. The summed E-state index contributed by atoms with van der Waals surface area (Å²) in [6.07, 6.45) is 6.75. The van der Waals surface area contributed by atoms with Crippen molar-refractivity contribution in [3.05, 3.63) is 79.0 Å². The van der Waals surface area contributed by atoms with E-state index in [1.807, 2.05) is 48.5 Å². The van der Waals surface area contributed by atoms with Gasteiger partial charge in [0.05, 0.1) is 7.11 Å². The Balaban J connectivity index is 1.48. The van der Waals surface area contributed by atoms with E-state index in [0.717, 1.165) is 53.5 Å². The van der Waals surface area contributed by atoms with Crippen molar-refractivity contribution in [2.45, 2.75) is 20.4 Å². The fourth-order valence-corrected chi connectivity index (χ4v) is 3.85. The number of para-hydroxylation sites is 1. The van der Waals surface area contributed by atoms with Crippen molar-refractivity contribution in [2.75, 3.05) is 44.0 Å². The second-order valence-corrected chi connectivity index (χ2v) is 8.27. The molecule has 192 valence electrons. The second kappa shape index (κ2) is 13.2. The molecule has 0 radical (unpaired) electrons. The van der Waals surface area contributed by atoms with Crippen molar-refractivity contribution in [2.24, 2.45) is 0 Å². The molecule has 0 atom stereocenters. The minimum absolute atomic E-state index is 0.471. The zero-order valence-electron chi connectivity index (χ0n) is 21.5. The van der Waals surface area contributed by atoms with E-state index in [4.69, 9.17) is 14.5 Å². The largest absolute Gasteiger partial charge is 0.496 e. The molecule has 0 fully saturated rings. The molecule has 0 saturated heterocycles. The number of nitrogens with zero attached hydrogens (tertiary/aromatic N) is 5. The number of methoxy groups -OCH3 is 1. The SMILES string of the molecule is CCN(CC)CCOc1ccc(Nc2ncc(-c3cncnc3)c(NCc3ccccc3OC)n2)cc1. The molecule has 0 bridgehead atoms. The average Bonchev–Trinajstić information content (AvgIpc) is 2.96. The van der Waals surface area contributed by atoms with Gasteiger partial charge in [-0.15, -0.1) is 0 Å².